The lowest BCUT2D eigenvalue weighted by molar-refractivity contribution is -0.136. The molecule has 1 aliphatic heterocycles. The second-order valence-electron chi connectivity index (χ2n) is 10.2. The quantitative estimate of drug-likeness (QED) is 0.195. The second-order valence-corrected chi connectivity index (χ2v) is 11.2. The minimum absolute atomic E-state index is 0.0134. The van der Waals surface area contributed by atoms with Crippen LogP contribution < -0.4 is 21.3 Å². The molecule has 6 N–H and O–H groups in total. The third-order valence-corrected chi connectivity index (χ3v) is 8.50. The number of aliphatic hydroxyl groups is 1. The number of hydrogen-bond donors (Lipinski definition) is 5. The zero-order valence-corrected chi connectivity index (χ0v) is 23.8. The fourth-order valence-electron chi connectivity index (χ4n) is 5.11. The molecule has 1 amide bonds. The number of thiophene rings is 1. The lowest BCUT2D eigenvalue weighted by Gasteiger charge is -2.34. The highest BCUT2D eigenvalue weighted by atomic mass is 32.1. The van der Waals surface area contributed by atoms with Crippen molar-refractivity contribution in [3.05, 3.63) is 70.4 Å². The molecule has 5 rings (SSSR count). The summed E-state index contributed by atoms with van der Waals surface area (Å²) in [5.41, 5.74) is 6.95. The number of nitrogens with zero attached hydrogens (tertiary/aromatic N) is 3. The standard InChI is InChI=1S/C29H29F3N6O4S/c1-34-26(40)16-4-2-3-15(11-16)17-5-6-20(36-13-17)21(39)14-35-18-7-9-38(10-8-18)22-12-19(29(30,31)32)23-24(33)25(28(41)42)43-27(23)37-22/h2-6,11-13,18,21,35,39H,7-10,14,33H2,1H3,(H,34,40)(H,41,42). The van der Waals surface area contributed by atoms with Gasteiger partial charge in [-0.25, -0.2) is 9.78 Å². The summed E-state index contributed by atoms with van der Waals surface area (Å²) >= 11 is 0.628. The van der Waals surface area contributed by atoms with Crippen LogP contribution in [-0.4, -0.2) is 64.8 Å². The Morgan fingerprint density at radius 1 is 1.16 bits per heavy atom. The Morgan fingerprint density at radius 3 is 2.53 bits per heavy atom. The van der Waals surface area contributed by atoms with Crippen LogP contribution in [0.4, 0.5) is 24.7 Å². The summed E-state index contributed by atoms with van der Waals surface area (Å²) in [5.74, 6) is -1.48. The van der Waals surface area contributed by atoms with Crippen molar-refractivity contribution < 1.29 is 33.0 Å². The number of anilines is 2. The smallest absolute Gasteiger partial charge is 0.417 e. The number of aromatic nitrogens is 2. The average molecular weight is 615 g/mol. The van der Waals surface area contributed by atoms with E-state index >= 15 is 0 Å². The SMILES string of the molecule is CNC(=O)c1cccc(-c2ccc(C(O)CNC3CCN(c4cc(C(F)(F)F)c5c(N)c(C(=O)O)sc5n4)CC3)nc2)c1. The molecule has 226 valence electrons. The Labute approximate surface area is 248 Å². The van der Waals surface area contributed by atoms with E-state index in [2.05, 4.69) is 20.6 Å². The van der Waals surface area contributed by atoms with E-state index < -0.39 is 29.5 Å². The third kappa shape index (κ3) is 6.40. The van der Waals surface area contributed by atoms with Gasteiger partial charge in [-0.3, -0.25) is 9.78 Å². The number of nitrogens with one attached hydrogen (secondary N) is 2. The topological polar surface area (TPSA) is 154 Å². The van der Waals surface area contributed by atoms with Crippen LogP contribution in [0.5, 0.6) is 0 Å². The van der Waals surface area contributed by atoms with Gasteiger partial charge in [0.15, 0.2) is 0 Å². The fraction of sp³-hybridized carbons (Fsp3) is 0.310. The molecular weight excluding hydrogens is 585 g/mol. The molecule has 1 unspecified atom stereocenters. The Balaban J connectivity index is 1.20. The van der Waals surface area contributed by atoms with E-state index in [0.29, 0.717) is 48.5 Å². The maximum Gasteiger partial charge on any atom is 0.417 e. The number of amides is 1. The van der Waals surface area contributed by atoms with Crippen molar-refractivity contribution >= 4 is 44.9 Å². The van der Waals surface area contributed by atoms with Crippen LogP contribution in [0.2, 0.25) is 0 Å². The Kier molecular flexibility index (Phi) is 8.53. The highest BCUT2D eigenvalue weighted by molar-refractivity contribution is 7.21. The number of carboxylic acid groups (broad SMARTS) is 1. The first-order valence-corrected chi connectivity index (χ1v) is 14.3. The third-order valence-electron chi connectivity index (χ3n) is 7.42. The lowest BCUT2D eigenvalue weighted by atomic mass is 10.0. The number of fused-ring (bicyclic) bond motifs is 1. The number of halogens is 3. The van der Waals surface area contributed by atoms with Crippen molar-refractivity contribution in [2.24, 2.45) is 0 Å². The molecule has 14 heteroatoms. The Hall–Kier alpha value is -4.27. The molecule has 10 nitrogen and oxygen atoms in total. The number of piperidine rings is 1. The van der Waals surface area contributed by atoms with Crippen LogP contribution in [0.15, 0.2) is 48.7 Å². The van der Waals surface area contributed by atoms with Crippen molar-refractivity contribution in [2.75, 3.05) is 37.3 Å². The zero-order valence-electron chi connectivity index (χ0n) is 23.0. The van der Waals surface area contributed by atoms with Crippen molar-refractivity contribution in [1.82, 2.24) is 20.6 Å². The van der Waals surface area contributed by atoms with E-state index in [0.717, 1.165) is 17.2 Å². The van der Waals surface area contributed by atoms with E-state index in [4.69, 9.17) is 5.73 Å². The molecule has 3 aromatic heterocycles. The van der Waals surface area contributed by atoms with E-state index in [1.807, 2.05) is 12.1 Å². The number of pyridine rings is 2. The first-order valence-electron chi connectivity index (χ1n) is 13.4. The summed E-state index contributed by atoms with van der Waals surface area (Å²) in [6.45, 7) is 1.06. The van der Waals surface area contributed by atoms with Crippen molar-refractivity contribution in [1.29, 1.82) is 0 Å². The van der Waals surface area contributed by atoms with Gasteiger partial charge in [0.05, 0.1) is 16.9 Å². The van der Waals surface area contributed by atoms with Gasteiger partial charge in [0, 0.05) is 55.4 Å². The fourth-order valence-corrected chi connectivity index (χ4v) is 6.06. The predicted molar refractivity (Wildman–Crippen MR) is 157 cm³/mol. The van der Waals surface area contributed by atoms with Crippen LogP contribution in [0.1, 0.15) is 50.2 Å². The maximum atomic E-state index is 13.9. The van der Waals surface area contributed by atoms with Crippen molar-refractivity contribution in [3.8, 4) is 11.1 Å². The number of carbonyl (C=O) groups excluding carboxylic acids is 1. The van der Waals surface area contributed by atoms with Gasteiger partial charge in [0.2, 0.25) is 0 Å². The van der Waals surface area contributed by atoms with Gasteiger partial charge in [0.25, 0.3) is 5.91 Å². The number of aromatic carboxylic acids is 1. The number of benzene rings is 1. The summed E-state index contributed by atoms with van der Waals surface area (Å²) in [6.07, 6.45) is -2.79. The molecule has 1 aliphatic rings. The number of rotatable bonds is 8. The van der Waals surface area contributed by atoms with Gasteiger partial charge < -0.3 is 31.5 Å². The van der Waals surface area contributed by atoms with Gasteiger partial charge in [-0.2, -0.15) is 13.2 Å². The number of hydrogen-bond acceptors (Lipinski definition) is 9. The molecule has 1 aromatic carbocycles. The summed E-state index contributed by atoms with van der Waals surface area (Å²) in [5, 5.41) is 25.6. The van der Waals surface area contributed by atoms with E-state index in [1.165, 1.54) is 0 Å². The number of alkyl halides is 3. The summed E-state index contributed by atoms with van der Waals surface area (Å²) in [4.78, 5) is 33.4. The largest absolute Gasteiger partial charge is 0.477 e. The monoisotopic (exact) mass is 614 g/mol. The minimum atomic E-state index is -4.74. The van der Waals surface area contributed by atoms with Crippen LogP contribution >= 0.6 is 11.3 Å². The molecule has 1 saturated heterocycles. The first-order chi connectivity index (χ1) is 20.5. The molecule has 4 aromatic rings. The first kappa shape index (κ1) is 30.2. The molecule has 43 heavy (non-hydrogen) atoms. The van der Waals surface area contributed by atoms with Gasteiger partial charge in [-0.1, -0.05) is 18.2 Å². The Morgan fingerprint density at radius 2 is 1.91 bits per heavy atom. The summed E-state index contributed by atoms with van der Waals surface area (Å²) in [7, 11) is 1.57. The summed E-state index contributed by atoms with van der Waals surface area (Å²) < 4.78 is 41.7. The molecule has 4 heterocycles. The molecular formula is C29H29F3N6O4S. The average Bonchev–Trinajstić information content (AvgIpc) is 3.35. The van der Waals surface area contributed by atoms with Gasteiger partial charge in [-0.15, -0.1) is 11.3 Å². The number of nitrogen functional groups attached to an aromatic ring is 1. The minimum Gasteiger partial charge on any atom is -0.477 e. The Bertz CT molecular complexity index is 1650. The van der Waals surface area contributed by atoms with E-state index in [1.54, 1.807) is 42.4 Å². The van der Waals surface area contributed by atoms with Crippen LogP contribution in [0.3, 0.4) is 0 Å². The van der Waals surface area contributed by atoms with Gasteiger partial charge in [-0.05, 0) is 42.7 Å². The van der Waals surface area contributed by atoms with E-state index in [9.17, 15) is 33.0 Å². The van der Waals surface area contributed by atoms with Crippen molar-refractivity contribution in [3.63, 3.8) is 0 Å². The number of aliphatic hydroxyl groups excluding tert-OH is 1. The second kappa shape index (κ2) is 12.1. The molecule has 0 radical (unpaired) electrons. The van der Waals surface area contributed by atoms with Crippen LogP contribution in [0, 0.1) is 0 Å². The maximum absolute atomic E-state index is 13.9. The molecule has 1 fully saturated rings. The molecule has 1 atom stereocenters. The lowest BCUT2D eigenvalue weighted by Crippen LogP contribution is -2.44. The number of nitrogens with two attached hydrogens (primary N) is 1. The van der Waals surface area contributed by atoms with Crippen LogP contribution in [-0.2, 0) is 6.18 Å². The van der Waals surface area contributed by atoms with Crippen molar-refractivity contribution in [2.45, 2.75) is 31.2 Å². The van der Waals surface area contributed by atoms with Gasteiger partial charge >= 0.3 is 12.1 Å². The predicted octanol–water partition coefficient (Wildman–Crippen LogP) is 4.31. The zero-order chi connectivity index (χ0) is 30.9. The van der Waals surface area contributed by atoms with Crippen LogP contribution in [0.25, 0.3) is 21.3 Å². The van der Waals surface area contributed by atoms with E-state index in [-0.39, 0.29) is 39.4 Å². The number of carboxylic acids is 1. The normalized spacial score (nSPS) is 15.0. The van der Waals surface area contributed by atoms with Gasteiger partial charge in [0.1, 0.15) is 21.6 Å². The summed E-state index contributed by atoms with van der Waals surface area (Å²) in [6, 6.07) is 11.6. The highest BCUT2D eigenvalue weighted by Gasteiger charge is 2.37. The molecule has 0 spiro atoms. The number of carbonyl (C=O) groups is 2. The highest BCUT2D eigenvalue weighted by Crippen LogP contribution is 2.43. The molecule has 0 saturated carbocycles. The molecule has 0 aliphatic carbocycles. The molecule has 0 bridgehead atoms.